The van der Waals surface area contributed by atoms with Gasteiger partial charge in [0.1, 0.15) is 0 Å². The highest BCUT2D eigenvalue weighted by atomic mass is 35.5. The van der Waals surface area contributed by atoms with Gasteiger partial charge in [0.15, 0.2) is 0 Å². The summed E-state index contributed by atoms with van der Waals surface area (Å²) in [6.45, 7) is 2.89. The molecule has 1 N–H and O–H groups in total. The number of rotatable bonds is 3. The van der Waals surface area contributed by atoms with Gasteiger partial charge in [-0.2, -0.15) is 11.8 Å². The number of amides is 1. The van der Waals surface area contributed by atoms with Crippen molar-refractivity contribution < 1.29 is 4.79 Å². The molecule has 2 aliphatic heterocycles. The maximum Gasteiger partial charge on any atom is 0.224 e. The van der Waals surface area contributed by atoms with Crippen LogP contribution in [-0.4, -0.2) is 48.0 Å². The van der Waals surface area contributed by atoms with Crippen LogP contribution in [0.2, 0.25) is 0 Å². The summed E-state index contributed by atoms with van der Waals surface area (Å²) in [5.74, 6) is 3.20. The van der Waals surface area contributed by atoms with E-state index in [1.165, 1.54) is 17.7 Å². The van der Waals surface area contributed by atoms with Crippen molar-refractivity contribution in [2.75, 3.05) is 31.1 Å². The van der Waals surface area contributed by atoms with Crippen LogP contribution in [-0.2, 0) is 4.79 Å². The number of likely N-dealkylation sites (tertiary alicyclic amines) is 1. The van der Waals surface area contributed by atoms with Crippen LogP contribution >= 0.6 is 24.2 Å². The molecular weight excluding hydrogens is 328 g/mol. The minimum absolute atomic E-state index is 0. The van der Waals surface area contributed by atoms with Crippen LogP contribution in [0.15, 0.2) is 30.3 Å². The van der Waals surface area contributed by atoms with E-state index >= 15 is 0 Å². The van der Waals surface area contributed by atoms with E-state index in [0.29, 0.717) is 24.3 Å². The van der Waals surface area contributed by atoms with E-state index < -0.39 is 0 Å². The lowest BCUT2D eigenvalue weighted by Crippen LogP contribution is -2.42. The Morgan fingerprint density at radius 1 is 1.22 bits per heavy atom. The molecule has 3 nitrogen and oxygen atoms in total. The number of hydrogen-bond acceptors (Lipinski definition) is 3. The van der Waals surface area contributed by atoms with Crippen molar-refractivity contribution in [3.05, 3.63) is 35.9 Å². The van der Waals surface area contributed by atoms with Crippen LogP contribution in [0, 0.1) is 0 Å². The fourth-order valence-electron chi connectivity index (χ4n) is 3.50. The molecule has 0 saturated carbocycles. The van der Waals surface area contributed by atoms with Crippen molar-refractivity contribution in [1.29, 1.82) is 0 Å². The topological polar surface area (TPSA) is 32.3 Å². The van der Waals surface area contributed by atoms with Crippen molar-refractivity contribution in [2.24, 2.45) is 0 Å². The van der Waals surface area contributed by atoms with E-state index in [2.05, 4.69) is 40.5 Å². The zero-order valence-electron chi connectivity index (χ0n) is 13.6. The second-order valence-corrected chi connectivity index (χ2v) is 7.50. The molecule has 2 atom stereocenters. The lowest BCUT2D eigenvalue weighted by molar-refractivity contribution is -0.131. The fraction of sp³-hybridized carbons (Fsp3) is 0.611. The maximum atomic E-state index is 12.5. The number of nitrogens with one attached hydrogen (secondary N) is 1. The van der Waals surface area contributed by atoms with Crippen LogP contribution in [0.3, 0.4) is 0 Å². The molecule has 2 fully saturated rings. The van der Waals surface area contributed by atoms with Gasteiger partial charge < -0.3 is 10.2 Å². The molecule has 5 heteroatoms. The Morgan fingerprint density at radius 3 is 2.78 bits per heavy atom. The average Bonchev–Trinajstić information content (AvgIpc) is 2.83. The monoisotopic (exact) mass is 354 g/mol. The van der Waals surface area contributed by atoms with Crippen molar-refractivity contribution >= 4 is 30.1 Å². The zero-order valence-corrected chi connectivity index (χ0v) is 15.2. The van der Waals surface area contributed by atoms with Crippen molar-refractivity contribution in [3.8, 4) is 0 Å². The summed E-state index contributed by atoms with van der Waals surface area (Å²) < 4.78 is 0. The first-order valence-electron chi connectivity index (χ1n) is 8.47. The van der Waals surface area contributed by atoms with Crippen molar-refractivity contribution in [3.63, 3.8) is 0 Å². The Hall–Kier alpha value is -0.710. The molecule has 2 aliphatic rings. The Bertz CT molecular complexity index is 479. The highest BCUT2D eigenvalue weighted by Gasteiger charge is 2.24. The molecule has 23 heavy (non-hydrogen) atoms. The molecule has 0 radical (unpaired) electrons. The van der Waals surface area contributed by atoms with Crippen LogP contribution in [0.25, 0.3) is 0 Å². The van der Waals surface area contributed by atoms with Crippen LogP contribution < -0.4 is 5.32 Å². The summed E-state index contributed by atoms with van der Waals surface area (Å²) in [5, 5.41) is 3.47. The third kappa shape index (κ3) is 5.40. The average molecular weight is 355 g/mol. The van der Waals surface area contributed by atoms with Crippen LogP contribution in [0.4, 0.5) is 0 Å². The first kappa shape index (κ1) is 18.6. The van der Waals surface area contributed by atoms with Gasteiger partial charge in [-0.3, -0.25) is 4.79 Å². The van der Waals surface area contributed by atoms with Crippen molar-refractivity contribution in [1.82, 2.24) is 10.2 Å². The summed E-state index contributed by atoms with van der Waals surface area (Å²) in [6.07, 6.45) is 4.09. The van der Waals surface area contributed by atoms with Gasteiger partial charge in [0, 0.05) is 43.6 Å². The Labute approximate surface area is 150 Å². The van der Waals surface area contributed by atoms with Gasteiger partial charge in [-0.1, -0.05) is 30.3 Å². The minimum Gasteiger partial charge on any atom is -0.343 e. The second kappa shape index (κ2) is 9.55. The molecule has 0 spiro atoms. The van der Waals surface area contributed by atoms with E-state index in [0.717, 1.165) is 38.2 Å². The van der Waals surface area contributed by atoms with E-state index in [1.807, 2.05) is 11.8 Å². The second-order valence-electron chi connectivity index (χ2n) is 6.35. The van der Waals surface area contributed by atoms with Gasteiger partial charge in [-0.25, -0.2) is 0 Å². The van der Waals surface area contributed by atoms with Gasteiger partial charge in [0.2, 0.25) is 5.91 Å². The fourth-order valence-corrected chi connectivity index (χ4v) is 4.44. The Balaban J connectivity index is 0.00000192. The molecule has 2 saturated heterocycles. The number of thioether (sulfide) groups is 1. The number of carbonyl (C=O) groups excluding carboxylic acids is 1. The SMILES string of the molecule is Cl.O=C(CC1CSCCN1)N1CCCC(c2ccccc2)CC1. The van der Waals surface area contributed by atoms with Crippen LogP contribution in [0.1, 0.15) is 37.2 Å². The third-order valence-electron chi connectivity index (χ3n) is 4.77. The molecule has 1 aromatic carbocycles. The number of benzene rings is 1. The summed E-state index contributed by atoms with van der Waals surface area (Å²) in [4.78, 5) is 14.6. The summed E-state index contributed by atoms with van der Waals surface area (Å²) in [5.41, 5.74) is 1.43. The lowest BCUT2D eigenvalue weighted by atomic mass is 9.92. The van der Waals surface area contributed by atoms with Gasteiger partial charge in [-0.15, -0.1) is 12.4 Å². The molecule has 2 heterocycles. The quantitative estimate of drug-likeness (QED) is 0.903. The first-order chi connectivity index (χ1) is 10.8. The van der Waals surface area contributed by atoms with Gasteiger partial charge in [0.25, 0.3) is 0 Å². The predicted octanol–water partition coefficient (Wildman–Crippen LogP) is 3.30. The molecule has 0 aliphatic carbocycles. The highest BCUT2D eigenvalue weighted by Crippen LogP contribution is 2.28. The largest absolute Gasteiger partial charge is 0.343 e. The van der Waals surface area contributed by atoms with Crippen molar-refractivity contribution in [2.45, 2.75) is 37.6 Å². The Morgan fingerprint density at radius 2 is 2.04 bits per heavy atom. The summed E-state index contributed by atoms with van der Waals surface area (Å²) >= 11 is 1.96. The normalized spacial score (nSPS) is 25.3. The van der Waals surface area contributed by atoms with Gasteiger partial charge >= 0.3 is 0 Å². The minimum atomic E-state index is 0. The smallest absolute Gasteiger partial charge is 0.224 e. The van der Waals surface area contributed by atoms with Gasteiger partial charge in [0.05, 0.1) is 0 Å². The number of nitrogens with zero attached hydrogens (tertiary/aromatic N) is 1. The zero-order chi connectivity index (χ0) is 15.2. The van der Waals surface area contributed by atoms with E-state index in [4.69, 9.17) is 0 Å². The van der Waals surface area contributed by atoms with E-state index in [-0.39, 0.29) is 12.4 Å². The summed E-state index contributed by atoms with van der Waals surface area (Å²) in [6, 6.07) is 11.1. The van der Waals surface area contributed by atoms with E-state index in [9.17, 15) is 4.79 Å². The predicted molar refractivity (Wildman–Crippen MR) is 101 cm³/mol. The molecule has 0 aromatic heterocycles. The number of hydrogen-bond donors (Lipinski definition) is 1. The molecule has 1 aromatic rings. The third-order valence-corrected chi connectivity index (χ3v) is 5.90. The molecule has 0 bridgehead atoms. The lowest BCUT2D eigenvalue weighted by Gasteiger charge is -2.26. The molecule has 3 rings (SSSR count). The number of halogens is 1. The standard InChI is InChI=1S/C18H26N2OS.ClH/c21-18(13-17-14-22-12-9-19-17)20-10-4-7-16(8-11-20)15-5-2-1-3-6-15;/h1-3,5-6,16-17,19H,4,7-14H2;1H. The molecule has 128 valence electrons. The highest BCUT2D eigenvalue weighted by molar-refractivity contribution is 7.99. The molecular formula is C18H27ClN2OS. The van der Waals surface area contributed by atoms with Gasteiger partial charge in [-0.05, 0) is 30.7 Å². The Kier molecular flexibility index (Phi) is 7.74. The number of carbonyl (C=O) groups is 1. The molecule has 1 amide bonds. The summed E-state index contributed by atoms with van der Waals surface area (Å²) in [7, 11) is 0. The maximum absolute atomic E-state index is 12.5. The van der Waals surface area contributed by atoms with E-state index in [1.54, 1.807) is 0 Å². The molecule has 2 unspecified atom stereocenters. The van der Waals surface area contributed by atoms with Crippen LogP contribution in [0.5, 0.6) is 0 Å². The first-order valence-corrected chi connectivity index (χ1v) is 9.62.